The summed E-state index contributed by atoms with van der Waals surface area (Å²) in [6.45, 7) is 1.33. The molecule has 1 rings (SSSR count). The van der Waals surface area contributed by atoms with Crippen LogP contribution in [0, 0.1) is 0 Å². The van der Waals surface area contributed by atoms with Crippen LogP contribution in [0.2, 0.25) is 0 Å². The molecule has 0 spiro atoms. The smallest absolute Gasteiger partial charge is 0.418 e. The summed E-state index contributed by atoms with van der Waals surface area (Å²) in [6.07, 6.45) is -11.5. The van der Waals surface area contributed by atoms with Gasteiger partial charge in [-0.25, -0.2) is 0 Å². The average Bonchev–Trinajstić information content (AvgIpc) is 2.28. The molecule has 0 heterocycles. The van der Waals surface area contributed by atoms with E-state index >= 15 is 0 Å². The van der Waals surface area contributed by atoms with Crippen molar-refractivity contribution < 1.29 is 35.9 Å². The summed E-state index contributed by atoms with van der Waals surface area (Å²) in [5, 5.41) is 0. The maximum Gasteiger partial charge on any atom is 0.418 e. The molecule has 0 bridgehead atoms. The Bertz CT molecular complexity index is 536. The summed E-state index contributed by atoms with van der Waals surface area (Å²) in [7, 11) is 0. The number of anilines is 1. The Labute approximate surface area is 115 Å². The maximum absolute atomic E-state index is 12.9. The van der Waals surface area contributed by atoms with Gasteiger partial charge in [0.25, 0.3) is 0 Å². The first-order valence-corrected chi connectivity index (χ1v) is 5.69. The molecule has 0 unspecified atom stereocenters. The molecular formula is C12H11F6NO2. The van der Waals surface area contributed by atoms with E-state index in [2.05, 4.69) is 4.74 Å². The topological polar surface area (TPSA) is 52.3 Å². The van der Waals surface area contributed by atoms with Crippen LogP contribution >= 0.6 is 0 Å². The van der Waals surface area contributed by atoms with Gasteiger partial charge >= 0.3 is 18.3 Å². The van der Waals surface area contributed by atoms with E-state index in [1.165, 1.54) is 6.92 Å². The molecule has 3 nitrogen and oxygen atoms in total. The standard InChI is InChI=1S/C12H11F6NO2/c1-2-21-8(20)5-6-3-4-7(19)10(12(16,17)18)9(6)11(13,14)15/h3-4H,2,5,19H2,1H3. The second-order valence-electron chi connectivity index (χ2n) is 4.04. The molecule has 0 saturated heterocycles. The van der Waals surface area contributed by atoms with Crippen molar-refractivity contribution in [2.24, 2.45) is 0 Å². The number of halogens is 6. The van der Waals surface area contributed by atoms with Crippen LogP contribution in [0.3, 0.4) is 0 Å². The van der Waals surface area contributed by atoms with Gasteiger partial charge in [0.1, 0.15) is 0 Å². The maximum atomic E-state index is 12.9. The number of esters is 1. The van der Waals surface area contributed by atoms with E-state index < -0.39 is 47.1 Å². The fraction of sp³-hybridized carbons (Fsp3) is 0.417. The predicted molar refractivity (Wildman–Crippen MR) is 61.2 cm³/mol. The van der Waals surface area contributed by atoms with Crippen molar-refractivity contribution in [1.29, 1.82) is 0 Å². The molecule has 118 valence electrons. The quantitative estimate of drug-likeness (QED) is 0.528. The molecule has 0 fully saturated rings. The predicted octanol–water partition coefficient (Wildman–Crippen LogP) is 3.41. The van der Waals surface area contributed by atoms with Crippen LogP contribution in [-0.2, 0) is 28.3 Å². The van der Waals surface area contributed by atoms with Gasteiger partial charge in [-0.05, 0) is 18.6 Å². The normalized spacial score (nSPS) is 12.3. The lowest BCUT2D eigenvalue weighted by Crippen LogP contribution is -2.22. The number of carbonyl (C=O) groups excluding carboxylic acids is 1. The van der Waals surface area contributed by atoms with Gasteiger partial charge in [0, 0.05) is 5.69 Å². The highest BCUT2D eigenvalue weighted by Crippen LogP contribution is 2.44. The number of hydrogen-bond acceptors (Lipinski definition) is 3. The minimum Gasteiger partial charge on any atom is -0.466 e. The molecule has 0 aliphatic heterocycles. The third kappa shape index (κ3) is 4.02. The molecular weight excluding hydrogens is 304 g/mol. The highest BCUT2D eigenvalue weighted by molar-refractivity contribution is 5.74. The van der Waals surface area contributed by atoms with Gasteiger partial charge in [0.05, 0.1) is 24.2 Å². The number of rotatable bonds is 3. The molecule has 21 heavy (non-hydrogen) atoms. The fourth-order valence-corrected chi connectivity index (χ4v) is 1.81. The molecule has 0 aromatic heterocycles. The van der Waals surface area contributed by atoms with Crippen LogP contribution in [0.5, 0.6) is 0 Å². The van der Waals surface area contributed by atoms with Crippen molar-refractivity contribution >= 4 is 11.7 Å². The van der Waals surface area contributed by atoms with Gasteiger partial charge in [-0.1, -0.05) is 6.07 Å². The van der Waals surface area contributed by atoms with Crippen LogP contribution in [0.4, 0.5) is 32.0 Å². The second-order valence-corrected chi connectivity index (χ2v) is 4.04. The molecule has 1 aromatic rings. The van der Waals surface area contributed by atoms with Crippen molar-refractivity contribution in [2.75, 3.05) is 12.3 Å². The highest BCUT2D eigenvalue weighted by atomic mass is 19.4. The zero-order valence-corrected chi connectivity index (χ0v) is 10.7. The van der Waals surface area contributed by atoms with E-state index in [1.54, 1.807) is 0 Å². The Morgan fingerprint density at radius 3 is 2.05 bits per heavy atom. The number of hydrogen-bond donors (Lipinski definition) is 1. The fourth-order valence-electron chi connectivity index (χ4n) is 1.81. The van der Waals surface area contributed by atoms with Gasteiger partial charge < -0.3 is 10.5 Å². The van der Waals surface area contributed by atoms with Gasteiger partial charge in [0.2, 0.25) is 0 Å². The third-order valence-corrected chi connectivity index (χ3v) is 2.53. The van der Waals surface area contributed by atoms with Crippen molar-refractivity contribution in [2.45, 2.75) is 25.7 Å². The lowest BCUT2D eigenvalue weighted by molar-refractivity contribution is -0.162. The summed E-state index contributed by atoms with van der Waals surface area (Å²) in [6, 6.07) is 1.43. The number of ether oxygens (including phenoxy) is 1. The Morgan fingerprint density at radius 1 is 1.10 bits per heavy atom. The number of nitrogens with two attached hydrogens (primary N) is 1. The molecule has 0 atom stereocenters. The van der Waals surface area contributed by atoms with Gasteiger partial charge in [-0.2, -0.15) is 26.3 Å². The van der Waals surface area contributed by atoms with E-state index in [0.29, 0.717) is 6.07 Å². The van der Waals surface area contributed by atoms with Crippen LogP contribution < -0.4 is 5.73 Å². The zero-order valence-electron chi connectivity index (χ0n) is 10.7. The lowest BCUT2D eigenvalue weighted by atomic mass is 9.96. The van der Waals surface area contributed by atoms with E-state index in [1.807, 2.05) is 0 Å². The molecule has 2 N–H and O–H groups in total. The SMILES string of the molecule is CCOC(=O)Cc1ccc(N)c(C(F)(F)F)c1C(F)(F)F. The largest absolute Gasteiger partial charge is 0.466 e. The molecule has 0 aliphatic rings. The Kier molecular flexibility index (Phi) is 4.75. The molecule has 0 saturated carbocycles. The summed E-state index contributed by atoms with van der Waals surface area (Å²) >= 11 is 0. The summed E-state index contributed by atoms with van der Waals surface area (Å²) in [5.74, 6) is -1.05. The second kappa shape index (κ2) is 5.82. The molecule has 0 radical (unpaired) electrons. The van der Waals surface area contributed by atoms with Crippen molar-refractivity contribution in [3.63, 3.8) is 0 Å². The number of benzene rings is 1. The van der Waals surface area contributed by atoms with E-state index in [9.17, 15) is 31.1 Å². The summed E-state index contributed by atoms with van der Waals surface area (Å²) < 4.78 is 81.7. The summed E-state index contributed by atoms with van der Waals surface area (Å²) in [4.78, 5) is 11.2. The van der Waals surface area contributed by atoms with Crippen molar-refractivity contribution in [3.8, 4) is 0 Å². The minimum atomic E-state index is -5.30. The van der Waals surface area contributed by atoms with Crippen molar-refractivity contribution in [1.82, 2.24) is 0 Å². The average molecular weight is 315 g/mol. The van der Waals surface area contributed by atoms with Gasteiger partial charge in [-0.3, -0.25) is 4.79 Å². The van der Waals surface area contributed by atoms with Crippen LogP contribution in [-0.4, -0.2) is 12.6 Å². The van der Waals surface area contributed by atoms with Gasteiger partial charge in [-0.15, -0.1) is 0 Å². The van der Waals surface area contributed by atoms with Crippen LogP contribution in [0.15, 0.2) is 12.1 Å². The Balaban J connectivity index is 3.49. The van der Waals surface area contributed by atoms with E-state index in [0.717, 1.165) is 6.07 Å². The first-order chi connectivity index (χ1) is 9.48. The zero-order chi connectivity index (χ0) is 16.4. The lowest BCUT2D eigenvalue weighted by Gasteiger charge is -2.20. The monoisotopic (exact) mass is 315 g/mol. The van der Waals surface area contributed by atoms with Crippen LogP contribution in [0.25, 0.3) is 0 Å². The van der Waals surface area contributed by atoms with E-state index in [-0.39, 0.29) is 6.61 Å². The minimum absolute atomic E-state index is 0.0959. The Morgan fingerprint density at radius 2 is 1.62 bits per heavy atom. The van der Waals surface area contributed by atoms with Gasteiger partial charge in [0.15, 0.2) is 0 Å². The number of alkyl halides is 6. The van der Waals surface area contributed by atoms with Crippen molar-refractivity contribution in [3.05, 3.63) is 28.8 Å². The first kappa shape index (κ1) is 17.1. The number of nitrogen functional groups attached to an aromatic ring is 1. The molecule has 9 heteroatoms. The van der Waals surface area contributed by atoms with E-state index in [4.69, 9.17) is 5.73 Å². The molecule has 0 aliphatic carbocycles. The highest BCUT2D eigenvalue weighted by Gasteiger charge is 2.46. The molecule has 1 aromatic carbocycles. The number of carbonyl (C=O) groups is 1. The molecule has 0 amide bonds. The Hall–Kier alpha value is -1.93. The summed E-state index contributed by atoms with van der Waals surface area (Å²) in [5.41, 5.74) is -0.803. The third-order valence-electron chi connectivity index (χ3n) is 2.53. The van der Waals surface area contributed by atoms with Crippen LogP contribution in [0.1, 0.15) is 23.6 Å². The first-order valence-electron chi connectivity index (χ1n) is 5.69.